The number of amides is 1. The van der Waals surface area contributed by atoms with E-state index in [4.69, 9.17) is 0 Å². The number of carbonyl (C=O) groups excluding carboxylic acids is 1. The van der Waals surface area contributed by atoms with Crippen molar-refractivity contribution in [3.63, 3.8) is 0 Å². The van der Waals surface area contributed by atoms with Gasteiger partial charge >= 0.3 is 0 Å². The van der Waals surface area contributed by atoms with Crippen LogP contribution >= 0.6 is 0 Å². The van der Waals surface area contributed by atoms with E-state index in [1.807, 2.05) is 30.3 Å². The van der Waals surface area contributed by atoms with Gasteiger partial charge in [0, 0.05) is 18.3 Å². The van der Waals surface area contributed by atoms with Gasteiger partial charge in [-0.15, -0.1) is 0 Å². The molecule has 0 aliphatic heterocycles. The van der Waals surface area contributed by atoms with Crippen LogP contribution in [0.2, 0.25) is 0 Å². The predicted molar refractivity (Wildman–Crippen MR) is 86.4 cm³/mol. The first-order valence-corrected chi connectivity index (χ1v) is 7.45. The summed E-state index contributed by atoms with van der Waals surface area (Å²) < 4.78 is 1.39. The SMILES string of the molecule is CC(C)CCNC(=O)Cn1cc(-c2ccccc2)ncc1=O. The van der Waals surface area contributed by atoms with E-state index in [-0.39, 0.29) is 18.0 Å². The Kier molecular flexibility index (Phi) is 5.47. The Hall–Kier alpha value is -2.43. The highest BCUT2D eigenvalue weighted by Gasteiger charge is 2.07. The van der Waals surface area contributed by atoms with E-state index in [2.05, 4.69) is 24.1 Å². The van der Waals surface area contributed by atoms with Crippen molar-refractivity contribution in [3.8, 4) is 11.3 Å². The number of nitrogens with one attached hydrogen (secondary N) is 1. The summed E-state index contributed by atoms with van der Waals surface area (Å²) in [7, 11) is 0. The van der Waals surface area contributed by atoms with Crippen molar-refractivity contribution in [2.45, 2.75) is 26.8 Å². The Morgan fingerprint density at radius 3 is 2.68 bits per heavy atom. The van der Waals surface area contributed by atoms with E-state index < -0.39 is 0 Å². The predicted octanol–water partition coefficient (Wildman–Crippen LogP) is 2.07. The summed E-state index contributed by atoms with van der Waals surface area (Å²) in [6.45, 7) is 4.85. The van der Waals surface area contributed by atoms with Crippen LogP contribution in [0.1, 0.15) is 20.3 Å². The highest BCUT2D eigenvalue weighted by Crippen LogP contribution is 2.13. The summed E-state index contributed by atoms with van der Waals surface area (Å²) in [6, 6.07) is 9.57. The highest BCUT2D eigenvalue weighted by molar-refractivity contribution is 5.75. The van der Waals surface area contributed by atoms with Crippen molar-refractivity contribution in [3.05, 3.63) is 53.1 Å². The van der Waals surface area contributed by atoms with Gasteiger partial charge in [0.1, 0.15) is 6.54 Å². The summed E-state index contributed by atoms with van der Waals surface area (Å²) in [4.78, 5) is 27.9. The summed E-state index contributed by atoms with van der Waals surface area (Å²) >= 11 is 0. The van der Waals surface area contributed by atoms with E-state index in [0.29, 0.717) is 18.2 Å². The Bertz CT molecular complexity index is 678. The van der Waals surface area contributed by atoms with Gasteiger partial charge in [0.05, 0.1) is 11.9 Å². The number of rotatable bonds is 6. The van der Waals surface area contributed by atoms with Crippen molar-refractivity contribution in [1.82, 2.24) is 14.9 Å². The standard InChI is InChI=1S/C17H21N3O2/c1-13(2)8-9-18-16(21)12-20-11-15(19-10-17(20)22)14-6-4-3-5-7-14/h3-7,10-11,13H,8-9,12H2,1-2H3,(H,18,21). The van der Waals surface area contributed by atoms with Crippen molar-refractivity contribution in [1.29, 1.82) is 0 Å². The smallest absolute Gasteiger partial charge is 0.269 e. The molecule has 0 spiro atoms. The number of hydrogen-bond acceptors (Lipinski definition) is 3. The second-order valence-corrected chi connectivity index (χ2v) is 5.64. The lowest BCUT2D eigenvalue weighted by Gasteiger charge is -2.09. The maximum Gasteiger partial charge on any atom is 0.269 e. The number of aromatic nitrogens is 2. The first-order valence-electron chi connectivity index (χ1n) is 7.45. The first-order chi connectivity index (χ1) is 10.6. The third-order valence-electron chi connectivity index (χ3n) is 3.30. The average molecular weight is 299 g/mol. The largest absolute Gasteiger partial charge is 0.355 e. The topological polar surface area (TPSA) is 64.0 Å². The maximum absolute atomic E-state index is 11.9. The maximum atomic E-state index is 11.9. The minimum Gasteiger partial charge on any atom is -0.355 e. The zero-order valence-corrected chi connectivity index (χ0v) is 13.0. The number of benzene rings is 1. The van der Waals surface area contributed by atoms with E-state index in [9.17, 15) is 9.59 Å². The van der Waals surface area contributed by atoms with Gasteiger partial charge < -0.3 is 9.88 Å². The number of hydrogen-bond donors (Lipinski definition) is 1. The molecule has 0 aliphatic carbocycles. The molecular weight excluding hydrogens is 278 g/mol. The van der Waals surface area contributed by atoms with Gasteiger partial charge in [0.2, 0.25) is 5.91 Å². The molecule has 0 aliphatic rings. The van der Waals surface area contributed by atoms with E-state index in [1.165, 1.54) is 10.8 Å². The van der Waals surface area contributed by atoms with Crippen LogP contribution in [0.3, 0.4) is 0 Å². The molecule has 0 bridgehead atoms. The molecule has 22 heavy (non-hydrogen) atoms. The summed E-state index contributed by atoms with van der Waals surface area (Å²) in [6.07, 6.45) is 3.80. The van der Waals surface area contributed by atoms with Gasteiger partial charge in [-0.25, -0.2) is 4.98 Å². The molecule has 0 radical (unpaired) electrons. The molecule has 0 atom stereocenters. The van der Waals surface area contributed by atoms with Crippen LogP contribution in [-0.2, 0) is 11.3 Å². The van der Waals surface area contributed by atoms with Gasteiger partial charge in [0.15, 0.2) is 0 Å². The molecule has 0 unspecified atom stereocenters. The second-order valence-electron chi connectivity index (χ2n) is 5.64. The van der Waals surface area contributed by atoms with Crippen molar-refractivity contribution >= 4 is 5.91 Å². The van der Waals surface area contributed by atoms with Crippen LogP contribution in [0.4, 0.5) is 0 Å². The van der Waals surface area contributed by atoms with Crippen LogP contribution in [0.25, 0.3) is 11.3 Å². The van der Waals surface area contributed by atoms with Crippen LogP contribution in [0, 0.1) is 5.92 Å². The molecule has 2 rings (SSSR count). The molecule has 0 saturated carbocycles. The zero-order valence-electron chi connectivity index (χ0n) is 13.0. The summed E-state index contributed by atoms with van der Waals surface area (Å²) in [5.41, 5.74) is 1.31. The zero-order chi connectivity index (χ0) is 15.9. The molecule has 1 aromatic heterocycles. The molecule has 5 nitrogen and oxygen atoms in total. The van der Waals surface area contributed by atoms with Gasteiger partial charge in [0.25, 0.3) is 5.56 Å². The van der Waals surface area contributed by atoms with Crippen LogP contribution < -0.4 is 10.9 Å². The fraction of sp³-hybridized carbons (Fsp3) is 0.353. The Labute approximate surface area is 130 Å². The van der Waals surface area contributed by atoms with Gasteiger partial charge in [-0.3, -0.25) is 9.59 Å². The molecule has 2 aromatic rings. The summed E-state index contributed by atoms with van der Waals surface area (Å²) in [5.74, 6) is 0.376. The Morgan fingerprint density at radius 1 is 1.27 bits per heavy atom. The molecule has 5 heteroatoms. The van der Waals surface area contributed by atoms with Crippen molar-refractivity contribution in [2.24, 2.45) is 5.92 Å². The third kappa shape index (κ3) is 4.55. The fourth-order valence-electron chi connectivity index (χ4n) is 2.04. The van der Waals surface area contributed by atoms with Crippen molar-refractivity contribution in [2.75, 3.05) is 6.54 Å². The lowest BCUT2D eigenvalue weighted by atomic mass is 10.1. The molecule has 1 heterocycles. The van der Waals surface area contributed by atoms with Crippen molar-refractivity contribution < 1.29 is 4.79 Å². The minimum atomic E-state index is -0.279. The normalized spacial score (nSPS) is 10.7. The van der Waals surface area contributed by atoms with Crippen LogP contribution in [-0.4, -0.2) is 22.0 Å². The van der Waals surface area contributed by atoms with Crippen LogP contribution in [0.5, 0.6) is 0 Å². The number of carbonyl (C=O) groups is 1. The minimum absolute atomic E-state index is 0.0132. The second kappa shape index (κ2) is 7.54. The van der Waals surface area contributed by atoms with E-state index >= 15 is 0 Å². The quantitative estimate of drug-likeness (QED) is 0.888. The first kappa shape index (κ1) is 15.9. The monoisotopic (exact) mass is 299 g/mol. The lowest BCUT2D eigenvalue weighted by Crippen LogP contribution is -2.33. The number of nitrogens with zero attached hydrogens (tertiary/aromatic N) is 2. The molecule has 0 fully saturated rings. The summed E-state index contributed by atoms with van der Waals surface area (Å²) in [5, 5.41) is 2.83. The Balaban J connectivity index is 2.08. The van der Waals surface area contributed by atoms with Gasteiger partial charge in [-0.1, -0.05) is 44.2 Å². The molecule has 1 aromatic carbocycles. The molecule has 1 amide bonds. The lowest BCUT2D eigenvalue weighted by molar-refractivity contribution is -0.121. The molecule has 0 saturated heterocycles. The van der Waals surface area contributed by atoms with Gasteiger partial charge in [-0.05, 0) is 12.3 Å². The fourth-order valence-corrected chi connectivity index (χ4v) is 2.04. The van der Waals surface area contributed by atoms with E-state index in [1.54, 1.807) is 6.20 Å². The molecular formula is C17H21N3O2. The molecule has 116 valence electrons. The Morgan fingerprint density at radius 2 is 2.00 bits per heavy atom. The third-order valence-corrected chi connectivity index (χ3v) is 3.30. The van der Waals surface area contributed by atoms with E-state index in [0.717, 1.165) is 12.0 Å². The van der Waals surface area contributed by atoms with Gasteiger partial charge in [-0.2, -0.15) is 0 Å². The highest BCUT2D eigenvalue weighted by atomic mass is 16.2. The average Bonchev–Trinajstić information content (AvgIpc) is 2.50. The van der Waals surface area contributed by atoms with Crippen LogP contribution in [0.15, 0.2) is 47.5 Å². The molecule has 1 N–H and O–H groups in total.